The van der Waals surface area contributed by atoms with E-state index in [-0.39, 0.29) is 17.9 Å². The molecular formula is C22H26Cl2N2O2. The second kappa shape index (κ2) is 8.97. The van der Waals surface area contributed by atoms with E-state index in [1.807, 2.05) is 52.0 Å². The van der Waals surface area contributed by atoms with Crippen LogP contribution in [0.3, 0.4) is 0 Å². The first kappa shape index (κ1) is 22.3. The van der Waals surface area contributed by atoms with Crippen molar-refractivity contribution in [3.8, 4) is 0 Å². The second-order valence-corrected chi connectivity index (χ2v) is 8.46. The van der Waals surface area contributed by atoms with E-state index in [1.54, 1.807) is 30.0 Å². The zero-order valence-electron chi connectivity index (χ0n) is 16.8. The lowest BCUT2D eigenvalue weighted by atomic mass is 9.83. The summed E-state index contributed by atoms with van der Waals surface area (Å²) in [6.45, 7) is 9.76. The van der Waals surface area contributed by atoms with Crippen LogP contribution in [0.25, 0.3) is 0 Å². The van der Waals surface area contributed by atoms with Crippen LogP contribution < -0.4 is 5.32 Å². The Morgan fingerprint density at radius 1 is 1.04 bits per heavy atom. The lowest BCUT2D eigenvalue weighted by Gasteiger charge is -2.26. The molecular weight excluding hydrogens is 395 g/mol. The van der Waals surface area contributed by atoms with Crippen LogP contribution in [0.1, 0.15) is 45.7 Å². The molecule has 0 aromatic heterocycles. The van der Waals surface area contributed by atoms with Gasteiger partial charge in [-0.05, 0) is 63.1 Å². The predicted octanol–water partition coefficient (Wildman–Crippen LogP) is 5.67. The van der Waals surface area contributed by atoms with Gasteiger partial charge in [0.15, 0.2) is 0 Å². The Bertz CT molecular complexity index is 861. The Morgan fingerprint density at radius 3 is 2.14 bits per heavy atom. The number of carbonyl (C=O) groups is 2. The first-order valence-corrected chi connectivity index (χ1v) is 9.91. The highest BCUT2D eigenvalue weighted by Gasteiger charge is 2.30. The molecule has 150 valence electrons. The van der Waals surface area contributed by atoms with Crippen molar-refractivity contribution in [3.05, 3.63) is 63.6 Å². The monoisotopic (exact) mass is 420 g/mol. The molecule has 0 spiro atoms. The van der Waals surface area contributed by atoms with Crippen LogP contribution in [-0.4, -0.2) is 22.8 Å². The van der Waals surface area contributed by atoms with Crippen molar-refractivity contribution in [1.29, 1.82) is 0 Å². The van der Waals surface area contributed by atoms with Crippen LogP contribution in [0.2, 0.25) is 10.0 Å². The fourth-order valence-corrected chi connectivity index (χ4v) is 3.15. The predicted molar refractivity (Wildman–Crippen MR) is 116 cm³/mol. The molecule has 0 atom stereocenters. The Kier molecular flexibility index (Phi) is 7.13. The van der Waals surface area contributed by atoms with Crippen molar-refractivity contribution < 1.29 is 9.59 Å². The van der Waals surface area contributed by atoms with Crippen molar-refractivity contribution in [3.63, 3.8) is 0 Å². The third kappa shape index (κ3) is 5.27. The van der Waals surface area contributed by atoms with Gasteiger partial charge in [-0.15, -0.1) is 0 Å². The number of nitrogens with one attached hydrogen (secondary N) is 1. The summed E-state index contributed by atoms with van der Waals surface area (Å²) in [5, 5.41) is 3.82. The standard InChI is InChI=1S/C22H26Cl2N2O2/c1-14(2)26(15(3)27)13-16-6-9-18(10-7-16)25-21(28)22(4,5)17-8-11-19(23)20(24)12-17/h6-12,14H,13H2,1-5H3,(H,25,28). The maximum atomic E-state index is 12.8. The van der Waals surface area contributed by atoms with Gasteiger partial charge in [0.25, 0.3) is 0 Å². The molecule has 0 saturated heterocycles. The fourth-order valence-electron chi connectivity index (χ4n) is 2.85. The number of hydrogen-bond acceptors (Lipinski definition) is 2. The molecule has 0 aliphatic rings. The maximum absolute atomic E-state index is 12.8. The number of benzene rings is 2. The number of amides is 2. The highest BCUT2D eigenvalue weighted by Crippen LogP contribution is 2.31. The van der Waals surface area contributed by atoms with E-state index < -0.39 is 5.41 Å². The van der Waals surface area contributed by atoms with Gasteiger partial charge in [-0.1, -0.05) is 41.4 Å². The van der Waals surface area contributed by atoms with Crippen LogP contribution in [-0.2, 0) is 21.5 Å². The van der Waals surface area contributed by atoms with Gasteiger partial charge in [-0.2, -0.15) is 0 Å². The van der Waals surface area contributed by atoms with Crippen LogP contribution >= 0.6 is 23.2 Å². The number of nitrogens with zero attached hydrogens (tertiary/aromatic N) is 1. The van der Waals surface area contributed by atoms with Crippen molar-refractivity contribution in [2.24, 2.45) is 0 Å². The lowest BCUT2D eigenvalue weighted by Crippen LogP contribution is -2.35. The molecule has 6 heteroatoms. The summed E-state index contributed by atoms with van der Waals surface area (Å²) < 4.78 is 0. The zero-order chi connectivity index (χ0) is 21.1. The molecule has 0 fully saturated rings. The van der Waals surface area contributed by atoms with Gasteiger partial charge >= 0.3 is 0 Å². The lowest BCUT2D eigenvalue weighted by molar-refractivity contribution is -0.131. The minimum atomic E-state index is -0.782. The Balaban J connectivity index is 2.11. The minimum Gasteiger partial charge on any atom is -0.336 e. The molecule has 2 aromatic carbocycles. The second-order valence-electron chi connectivity index (χ2n) is 7.65. The molecule has 0 heterocycles. The largest absolute Gasteiger partial charge is 0.336 e. The third-order valence-electron chi connectivity index (χ3n) is 4.80. The van der Waals surface area contributed by atoms with E-state index >= 15 is 0 Å². The van der Waals surface area contributed by atoms with Gasteiger partial charge < -0.3 is 10.2 Å². The van der Waals surface area contributed by atoms with Crippen LogP contribution in [0.15, 0.2) is 42.5 Å². The van der Waals surface area contributed by atoms with E-state index in [4.69, 9.17) is 23.2 Å². The summed E-state index contributed by atoms with van der Waals surface area (Å²) in [5.74, 6) is -0.109. The summed E-state index contributed by atoms with van der Waals surface area (Å²) in [6.07, 6.45) is 0. The number of anilines is 1. The van der Waals surface area contributed by atoms with Gasteiger partial charge in [0.1, 0.15) is 0 Å². The number of halogens is 2. The molecule has 0 unspecified atom stereocenters. The average Bonchev–Trinajstić information content (AvgIpc) is 2.62. The van der Waals surface area contributed by atoms with Gasteiger partial charge in [0.2, 0.25) is 11.8 Å². The van der Waals surface area contributed by atoms with Crippen LogP contribution in [0, 0.1) is 0 Å². The van der Waals surface area contributed by atoms with Crippen LogP contribution in [0.4, 0.5) is 5.69 Å². The molecule has 0 aliphatic carbocycles. The smallest absolute Gasteiger partial charge is 0.234 e. The third-order valence-corrected chi connectivity index (χ3v) is 5.54. The van der Waals surface area contributed by atoms with Crippen molar-refractivity contribution in [2.75, 3.05) is 5.32 Å². The first-order valence-electron chi connectivity index (χ1n) is 9.15. The highest BCUT2D eigenvalue weighted by atomic mass is 35.5. The van der Waals surface area contributed by atoms with E-state index in [0.29, 0.717) is 22.3 Å². The average molecular weight is 421 g/mol. The summed E-state index contributed by atoms with van der Waals surface area (Å²) in [6, 6.07) is 12.9. The maximum Gasteiger partial charge on any atom is 0.234 e. The van der Waals surface area contributed by atoms with Crippen molar-refractivity contribution in [1.82, 2.24) is 4.90 Å². The molecule has 4 nitrogen and oxygen atoms in total. The van der Waals surface area contributed by atoms with Gasteiger partial charge in [-0.25, -0.2) is 0 Å². The number of carbonyl (C=O) groups excluding carboxylic acids is 2. The molecule has 2 aromatic rings. The highest BCUT2D eigenvalue weighted by molar-refractivity contribution is 6.42. The molecule has 28 heavy (non-hydrogen) atoms. The minimum absolute atomic E-state index is 0.0377. The van der Waals surface area contributed by atoms with E-state index in [2.05, 4.69) is 5.32 Å². The number of hydrogen-bond donors (Lipinski definition) is 1. The van der Waals surface area contributed by atoms with E-state index in [0.717, 1.165) is 11.1 Å². The summed E-state index contributed by atoms with van der Waals surface area (Å²) in [4.78, 5) is 26.4. The van der Waals surface area contributed by atoms with Gasteiger partial charge in [-0.3, -0.25) is 9.59 Å². The van der Waals surface area contributed by atoms with E-state index in [1.165, 1.54) is 0 Å². The molecule has 0 saturated carbocycles. The molecule has 0 radical (unpaired) electrons. The SMILES string of the molecule is CC(=O)N(Cc1ccc(NC(=O)C(C)(C)c2ccc(Cl)c(Cl)c2)cc1)C(C)C. The fraction of sp³-hybridized carbons (Fsp3) is 0.364. The molecule has 1 N–H and O–H groups in total. The molecule has 0 aliphatic heterocycles. The first-order chi connectivity index (χ1) is 13.0. The van der Waals surface area contributed by atoms with Gasteiger partial charge in [0.05, 0.1) is 15.5 Å². The Labute approximate surface area is 176 Å². The quantitative estimate of drug-likeness (QED) is 0.654. The van der Waals surface area contributed by atoms with Gasteiger partial charge in [0, 0.05) is 25.2 Å². The summed E-state index contributed by atoms with van der Waals surface area (Å²) >= 11 is 12.1. The van der Waals surface area contributed by atoms with Crippen molar-refractivity contribution >= 4 is 40.7 Å². The molecule has 2 amide bonds. The molecule has 2 rings (SSSR count). The van der Waals surface area contributed by atoms with Crippen LogP contribution in [0.5, 0.6) is 0 Å². The Hall–Kier alpha value is -2.04. The summed E-state index contributed by atoms with van der Waals surface area (Å²) in [7, 11) is 0. The number of rotatable bonds is 6. The summed E-state index contributed by atoms with van der Waals surface area (Å²) in [5.41, 5.74) is 1.70. The topological polar surface area (TPSA) is 49.4 Å². The van der Waals surface area contributed by atoms with E-state index in [9.17, 15) is 9.59 Å². The zero-order valence-corrected chi connectivity index (χ0v) is 18.4. The Morgan fingerprint density at radius 2 is 1.64 bits per heavy atom. The molecule has 0 bridgehead atoms. The normalized spacial score (nSPS) is 11.4. The van der Waals surface area contributed by atoms with Crippen molar-refractivity contribution in [2.45, 2.75) is 52.6 Å².